The van der Waals surface area contributed by atoms with Gasteiger partial charge in [-0.25, -0.2) is 0 Å². The van der Waals surface area contributed by atoms with Crippen LogP contribution in [0, 0.1) is 0 Å². The van der Waals surface area contributed by atoms with Gasteiger partial charge < -0.3 is 15.5 Å². The first kappa shape index (κ1) is 23.7. The molecule has 0 aromatic carbocycles. The molecule has 2 N–H and O–H groups in total. The molecule has 1 aliphatic rings. The van der Waals surface area contributed by atoms with E-state index in [4.69, 9.17) is 0 Å². The fraction of sp³-hybridized carbons (Fsp3) is 0.737. The number of hydrogen-bond donors (Lipinski definition) is 2. The zero-order valence-electron chi connectivity index (χ0n) is 17.3. The van der Waals surface area contributed by atoms with Crippen molar-refractivity contribution in [3.63, 3.8) is 0 Å². The third kappa shape index (κ3) is 8.06. The molecule has 0 atom stereocenters. The molecule has 1 amide bonds. The highest BCUT2D eigenvalue weighted by Crippen LogP contribution is 2.19. The van der Waals surface area contributed by atoms with E-state index >= 15 is 0 Å². The molecule has 0 radical (unpaired) electrons. The van der Waals surface area contributed by atoms with E-state index in [1.807, 2.05) is 18.8 Å². The summed E-state index contributed by atoms with van der Waals surface area (Å²) < 4.78 is 1.88. The highest BCUT2D eigenvalue weighted by molar-refractivity contribution is 14.0. The van der Waals surface area contributed by atoms with Gasteiger partial charge in [0.1, 0.15) is 0 Å². The fourth-order valence-corrected chi connectivity index (χ4v) is 2.91. The monoisotopic (exact) mass is 490 g/mol. The van der Waals surface area contributed by atoms with Crippen molar-refractivity contribution in [1.29, 1.82) is 0 Å². The van der Waals surface area contributed by atoms with Crippen molar-refractivity contribution < 1.29 is 4.79 Å². The van der Waals surface area contributed by atoms with Crippen LogP contribution < -0.4 is 10.6 Å². The zero-order valence-corrected chi connectivity index (χ0v) is 19.6. The molecule has 0 unspecified atom stereocenters. The highest BCUT2D eigenvalue weighted by Gasteiger charge is 2.22. The normalized spacial score (nSPS) is 14.1. The number of guanidine groups is 1. The van der Waals surface area contributed by atoms with Crippen LogP contribution in [0.15, 0.2) is 11.2 Å². The summed E-state index contributed by atoms with van der Waals surface area (Å²) in [5.41, 5.74) is 2.35. The molecule has 1 heterocycles. The molecule has 1 aromatic rings. The molecule has 2 rings (SSSR count). The second-order valence-corrected chi connectivity index (χ2v) is 7.41. The number of aromatic nitrogens is 2. The van der Waals surface area contributed by atoms with E-state index in [2.05, 4.69) is 52.6 Å². The summed E-state index contributed by atoms with van der Waals surface area (Å²) in [6.45, 7) is 8.62. The quantitative estimate of drug-likeness (QED) is 0.242. The van der Waals surface area contributed by atoms with E-state index in [0.717, 1.165) is 44.0 Å². The summed E-state index contributed by atoms with van der Waals surface area (Å²) in [5.74, 6) is 1.41. The number of carbonyl (C=O) groups excluding carboxylic acids is 1. The zero-order chi connectivity index (χ0) is 19.1. The Bertz CT molecular complexity index is 624. The SMILES string of the molecule is CCNC(=NCCCC(=O)NC1CC1)N(C)Cc1cn(C)nc1C(C)C.I. The first-order valence-electron chi connectivity index (χ1n) is 9.72. The van der Waals surface area contributed by atoms with Crippen LogP contribution in [-0.2, 0) is 18.4 Å². The molecule has 154 valence electrons. The van der Waals surface area contributed by atoms with E-state index in [1.165, 1.54) is 5.56 Å². The van der Waals surface area contributed by atoms with Crippen LogP contribution in [0.1, 0.15) is 63.6 Å². The Morgan fingerprint density at radius 2 is 2.15 bits per heavy atom. The summed E-state index contributed by atoms with van der Waals surface area (Å²) in [6.07, 6.45) is 5.66. The number of aryl methyl sites for hydroxylation is 1. The second-order valence-electron chi connectivity index (χ2n) is 7.41. The lowest BCUT2D eigenvalue weighted by molar-refractivity contribution is -0.121. The summed E-state index contributed by atoms with van der Waals surface area (Å²) in [4.78, 5) is 18.6. The van der Waals surface area contributed by atoms with Gasteiger partial charge in [0.15, 0.2) is 5.96 Å². The number of aliphatic imine (C=N–C) groups is 1. The van der Waals surface area contributed by atoms with Crippen molar-refractivity contribution in [3.8, 4) is 0 Å². The lowest BCUT2D eigenvalue weighted by Gasteiger charge is -2.22. The average molecular weight is 490 g/mol. The van der Waals surface area contributed by atoms with Gasteiger partial charge in [0, 0.05) is 58.0 Å². The molecular formula is C19H35IN6O. The van der Waals surface area contributed by atoms with Gasteiger partial charge in [-0.15, -0.1) is 24.0 Å². The third-order valence-corrected chi connectivity index (χ3v) is 4.35. The lowest BCUT2D eigenvalue weighted by Crippen LogP contribution is -2.38. The van der Waals surface area contributed by atoms with E-state index in [-0.39, 0.29) is 29.9 Å². The Balaban J connectivity index is 0.00000364. The van der Waals surface area contributed by atoms with E-state index in [0.29, 0.717) is 24.9 Å². The lowest BCUT2D eigenvalue weighted by atomic mass is 10.1. The van der Waals surface area contributed by atoms with Gasteiger partial charge in [-0.2, -0.15) is 5.10 Å². The van der Waals surface area contributed by atoms with E-state index in [1.54, 1.807) is 0 Å². The standard InChI is InChI=1S/C19H34N6O.HI/c1-6-20-19(21-11-7-8-17(26)22-16-9-10-16)24(4)12-15-13-25(5)23-18(15)14(2)3;/h13-14,16H,6-12H2,1-5H3,(H,20,21)(H,22,26);1H. The van der Waals surface area contributed by atoms with Crippen molar-refractivity contribution in [2.24, 2.45) is 12.0 Å². The molecule has 8 heteroatoms. The van der Waals surface area contributed by atoms with Crippen LogP contribution in [0.3, 0.4) is 0 Å². The molecule has 1 aromatic heterocycles. The van der Waals surface area contributed by atoms with Gasteiger partial charge in [0.25, 0.3) is 0 Å². The first-order chi connectivity index (χ1) is 12.4. The average Bonchev–Trinajstić information content (AvgIpc) is 3.30. The molecule has 0 spiro atoms. The summed E-state index contributed by atoms with van der Waals surface area (Å²) >= 11 is 0. The highest BCUT2D eigenvalue weighted by atomic mass is 127. The Hall–Kier alpha value is -1.32. The Labute approximate surface area is 180 Å². The van der Waals surface area contributed by atoms with Crippen molar-refractivity contribution in [1.82, 2.24) is 25.3 Å². The van der Waals surface area contributed by atoms with Gasteiger partial charge in [0.05, 0.1) is 5.69 Å². The van der Waals surface area contributed by atoms with Gasteiger partial charge in [-0.05, 0) is 32.1 Å². The summed E-state index contributed by atoms with van der Waals surface area (Å²) in [6, 6.07) is 0.434. The predicted molar refractivity (Wildman–Crippen MR) is 121 cm³/mol. The van der Waals surface area contributed by atoms with Crippen LogP contribution in [0.4, 0.5) is 0 Å². The Morgan fingerprint density at radius 3 is 2.74 bits per heavy atom. The molecule has 27 heavy (non-hydrogen) atoms. The maximum Gasteiger partial charge on any atom is 0.220 e. The molecule has 0 aliphatic heterocycles. The maximum atomic E-state index is 11.7. The van der Waals surface area contributed by atoms with Crippen molar-refractivity contribution in [2.45, 2.75) is 65.0 Å². The smallest absolute Gasteiger partial charge is 0.220 e. The van der Waals surface area contributed by atoms with Crippen LogP contribution in [-0.4, -0.2) is 52.7 Å². The number of carbonyl (C=O) groups is 1. The maximum absolute atomic E-state index is 11.7. The molecule has 7 nitrogen and oxygen atoms in total. The van der Waals surface area contributed by atoms with Crippen LogP contribution >= 0.6 is 24.0 Å². The van der Waals surface area contributed by atoms with Gasteiger partial charge >= 0.3 is 0 Å². The summed E-state index contributed by atoms with van der Waals surface area (Å²) in [7, 11) is 4.00. The minimum atomic E-state index is 0. The molecule has 0 saturated heterocycles. The minimum Gasteiger partial charge on any atom is -0.357 e. The van der Waals surface area contributed by atoms with Gasteiger partial charge in [-0.1, -0.05) is 13.8 Å². The second kappa shape index (κ2) is 11.5. The number of hydrogen-bond acceptors (Lipinski definition) is 3. The molecular weight excluding hydrogens is 455 g/mol. The van der Waals surface area contributed by atoms with Crippen LogP contribution in [0.2, 0.25) is 0 Å². The molecule has 1 saturated carbocycles. The Kier molecular flexibility index (Phi) is 10.1. The first-order valence-corrected chi connectivity index (χ1v) is 9.72. The summed E-state index contributed by atoms with van der Waals surface area (Å²) in [5, 5.41) is 10.9. The molecule has 0 bridgehead atoms. The third-order valence-electron chi connectivity index (χ3n) is 4.35. The van der Waals surface area contributed by atoms with Crippen LogP contribution in [0.25, 0.3) is 0 Å². The number of rotatable bonds is 9. The predicted octanol–water partition coefficient (Wildman–Crippen LogP) is 2.62. The van der Waals surface area contributed by atoms with Gasteiger partial charge in [0.2, 0.25) is 5.91 Å². The number of nitrogens with zero attached hydrogens (tertiary/aromatic N) is 4. The van der Waals surface area contributed by atoms with Crippen molar-refractivity contribution in [2.75, 3.05) is 20.1 Å². The minimum absolute atomic E-state index is 0. The molecule has 1 aliphatic carbocycles. The topological polar surface area (TPSA) is 74.6 Å². The Morgan fingerprint density at radius 1 is 1.44 bits per heavy atom. The number of halogens is 1. The number of nitrogens with one attached hydrogen (secondary N) is 2. The van der Waals surface area contributed by atoms with Gasteiger partial charge in [-0.3, -0.25) is 14.5 Å². The number of amides is 1. The fourth-order valence-electron chi connectivity index (χ4n) is 2.91. The van der Waals surface area contributed by atoms with E-state index < -0.39 is 0 Å². The van der Waals surface area contributed by atoms with Crippen molar-refractivity contribution in [3.05, 3.63) is 17.5 Å². The van der Waals surface area contributed by atoms with E-state index in [9.17, 15) is 4.79 Å². The molecule has 1 fully saturated rings. The largest absolute Gasteiger partial charge is 0.357 e. The van der Waals surface area contributed by atoms with Crippen LogP contribution in [0.5, 0.6) is 0 Å². The van der Waals surface area contributed by atoms with Crippen molar-refractivity contribution >= 4 is 35.8 Å².